The van der Waals surface area contributed by atoms with E-state index in [1.807, 2.05) is 10.9 Å². The molecule has 0 aliphatic heterocycles. The van der Waals surface area contributed by atoms with Crippen LogP contribution < -0.4 is 5.73 Å². The van der Waals surface area contributed by atoms with Crippen molar-refractivity contribution < 1.29 is 4.74 Å². The second-order valence-electron chi connectivity index (χ2n) is 5.47. The van der Waals surface area contributed by atoms with Crippen molar-refractivity contribution in [3.05, 3.63) is 16.4 Å². The monoisotopic (exact) mass is 329 g/mol. The minimum absolute atomic E-state index is 0.0743. The molecule has 1 aliphatic carbocycles. The van der Waals surface area contributed by atoms with E-state index in [4.69, 9.17) is 10.5 Å². The summed E-state index contributed by atoms with van der Waals surface area (Å²) in [5.74, 6) is 1.43. The van der Waals surface area contributed by atoms with Crippen LogP contribution in [0.4, 0.5) is 0 Å². The summed E-state index contributed by atoms with van der Waals surface area (Å²) >= 11 is 3.58. The third kappa shape index (κ3) is 3.38. The summed E-state index contributed by atoms with van der Waals surface area (Å²) in [7, 11) is 1.71. The highest BCUT2D eigenvalue weighted by Gasteiger charge is 2.31. The van der Waals surface area contributed by atoms with E-state index >= 15 is 0 Å². The largest absolute Gasteiger partial charge is 0.383 e. The molecule has 3 atom stereocenters. The van der Waals surface area contributed by atoms with Crippen LogP contribution in [0.2, 0.25) is 0 Å². The lowest BCUT2D eigenvalue weighted by Crippen LogP contribution is -2.24. The molecule has 0 aromatic carbocycles. The van der Waals surface area contributed by atoms with Gasteiger partial charge in [-0.15, -0.1) is 0 Å². The van der Waals surface area contributed by atoms with E-state index in [-0.39, 0.29) is 6.04 Å². The number of ether oxygens (including phenoxy) is 1. The highest BCUT2D eigenvalue weighted by Crippen LogP contribution is 2.40. The molecule has 1 saturated carbocycles. The first kappa shape index (κ1) is 15.0. The quantitative estimate of drug-likeness (QED) is 0.872. The Kier molecular flexibility index (Phi) is 5.42. The number of nitrogens with two attached hydrogens (primary N) is 1. The highest BCUT2D eigenvalue weighted by atomic mass is 79.9. The third-order valence-electron chi connectivity index (χ3n) is 4.32. The molecule has 0 spiro atoms. The Morgan fingerprint density at radius 3 is 3.00 bits per heavy atom. The van der Waals surface area contributed by atoms with E-state index in [0.717, 1.165) is 22.6 Å². The van der Waals surface area contributed by atoms with Crippen LogP contribution in [0.15, 0.2) is 10.7 Å². The van der Waals surface area contributed by atoms with Crippen LogP contribution in [0.3, 0.4) is 0 Å². The Labute approximate surface area is 123 Å². The van der Waals surface area contributed by atoms with Crippen molar-refractivity contribution >= 4 is 15.9 Å². The minimum atomic E-state index is 0.0743. The first-order valence-electron chi connectivity index (χ1n) is 7.13. The lowest BCUT2D eigenvalue weighted by molar-refractivity contribution is 0.181. The smallest absolute Gasteiger partial charge is 0.0697 e. The van der Waals surface area contributed by atoms with Crippen molar-refractivity contribution in [3.8, 4) is 0 Å². The molecule has 1 heterocycles. The molecule has 4 nitrogen and oxygen atoms in total. The van der Waals surface area contributed by atoms with Crippen molar-refractivity contribution in [1.82, 2.24) is 9.78 Å². The predicted octanol–water partition coefficient (Wildman–Crippen LogP) is 3.12. The van der Waals surface area contributed by atoms with Gasteiger partial charge in [-0.1, -0.05) is 19.8 Å². The average Bonchev–Trinajstić information content (AvgIpc) is 3.02. The molecule has 1 aliphatic rings. The topological polar surface area (TPSA) is 53.1 Å². The third-order valence-corrected chi connectivity index (χ3v) is 4.93. The molecule has 1 fully saturated rings. The van der Waals surface area contributed by atoms with E-state index in [1.54, 1.807) is 7.11 Å². The standard InChI is InChI=1S/C14H24BrN3O/c1-3-10-4-5-11(8-10)13(16)14-12(15)9-17-18(14)6-7-19-2/h9-11,13H,3-8,16H2,1-2H3. The number of hydrogen-bond donors (Lipinski definition) is 1. The second-order valence-corrected chi connectivity index (χ2v) is 6.32. The summed E-state index contributed by atoms with van der Waals surface area (Å²) in [5.41, 5.74) is 7.63. The highest BCUT2D eigenvalue weighted by molar-refractivity contribution is 9.10. The zero-order chi connectivity index (χ0) is 13.8. The molecule has 0 radical (unpaired) electrons. The second kappa shape index (κ2) is 6.86. The summed E-state index contributed by atoms with van der Waals surface area (Å²) in [4.78, 5) is 0. The fraction of sp³-hybridized carbons (Fsp3) is 0.786. The van der Waals surface area contributed by atoms with E-state index < -0.39 is 0 Å². The summed E-state index contributed by atoms with van der Waals surface area (Å²) < 4.78 is 8.14. The fourth-order valence-corrected chi connectivity index (χ4v) is 3.65. The first-order chi connectivity index (χ1) is 9.17. The van der Waals surface area contributed by atoms with Gasteiger partial charge in [0.1, 0.15) is 0 Å². The van der Waals surface area contributed by atoms with Gasteiger partial charge in [0.2, 0.25) is 0 Å². The van der Waals surface area contributed by atoms with E-state index in [0.29, 0.717) is 12.5 Å². The van der Waals surface area contributed by atoms with Crippen LogP contribution in [0.1, 0.15) is 44.3 Å². The van der Waals surface area contributed by atoms with Crippen LogP contribution in [0.5, 0.6) is 0 Å². The van der Waals surface area contributed by atoms with Crippen molar-refractivity contribution in [2.24, 2.45) is 17.6 Å². The van der Waals surface area contributed by atoms with Crippen LogP contribution >= 0.6 is 15.9 Å². The number of aromatic nitrogens is 2. The van der Waals surface area contributed by atoms with Gasteiger partial charge < -0.3 is 10.5 Å². The van der Waals surface area contributed by atoms with Gasteiger partial charge in [0.25, 0.3) is 0 Å². The molecule has 1 aromatic heterocycles. The zero-order valence-corrected chi connectivity index (χ0v) is 13.4. The Morgan fingerprint density at radius 2 is 2.37 bits per heavy atom. The Balaban J connectivity index is 2.09. The Bertz CT molecular complexity index is 407. The molecular weight excluding hydrogens is 306 g/mol. The maximum atomic E-state index is 6.50. The molecule has 3 unspecified atom stereocenters. The molecule has 2 rings (SSSR count). The van der Waals surface area contributed by atoms with Gasteiger partial charge in [-0.05, 0) is 40.6 Å². The molecule has 108 valence electrons. The molecule has 0 bridgehead atoms. The van der Waals surface area contributed by atoms with Gasteiger partial charge in [-0.25, -0.2) is 0 Å². The SMILES string of the molecule is CCC1CCC(C(N)c2c(Br)cnn2CCOC)C1. The van der Waals surface area contributed by atoms with Crippen molar-refractivity contribution in [2.75, 3.05) is 13.7 Å². The van der Waals surface area contributed by atoms with E-state index in [2.05, 4.69) is 28.0 Å². The van der Waals surface area contributed by atoms with Gasteiger partial charge in [-0.2, -0.15) is 5.10 Å². The lowest BCUT2D eigenvalue weighted by atomic mass is 9.94. The number of methoxy groups -OCH3 is 1. The number of rotatable bonds is 6. The molecule has 0 amide bonds. The lowest BCUT2D eigenvalue weighted by Gasteiger charge is -2.21. The summed E-state index contributed by atoms with van der Waals surface area (Å²) in [5, 5.41) is 4.39. The van der Waals surface area contributed by atoms with Gasteiger partial charge >= 0.3 is 0 Å². The van der Waals surface area contributed by atoms with Gasteiger partial charge in [0.05, 0.1) is 35.6 Å². The van der Waals surface area contributed by atoms with Crippen molar-refractivity contribution in [3.63, 3.8) is 0 Å². The summed E-state index contributed by atoms with van der Waals surface area (Å²) in [6.07, 6.45) is 6.92. The van der Waals surface area contributed by atoms with Crippen molar-refractivity contribution in [2.45, 2.75) is 45.2 Å². The number of hydrogen-bond acceptors (Lipinski definition) is 3. The first-order valence-corrected chi connectivity index (χ1v) is 7.92. The Hall–Kier alpha value is -0.390. The summed E-state index contributed by atoms with van der Waals surface area (Å²) in [6.45, 7) is 3.70. The van der Waals surface area contributed by atoms with E-state index in [9.17, 15) is 0 Å². The van der Waals surface area contributed by atoms with Crippen molar-refractivity contribution in [1.29, 1.82) is 0 Å². The molecular formula is C14H24BrN3O. The van der Waals surface area contributed by atoms with E-state index in [1.165, 1.54) is 25.7 Å². The van der Waals surface area contributed by atoms with Crippen LogP contribution in [0, 0.1) is 11.8 Å². The van der Waals surface area contributed by atoms with Gasteiger partial charge in [-0.3, -0.25) is 4.68 Å². The molecule has 0 saturated heterocycles. The molecule has 1 aromatic rings. The van der Waals surface area contributed by atoms with Crippen LogP contribution in [0.25, 0.3) is 0 Å². The van der Waals surface area contributed by atoms with Gasteiger partial charge in [0.15, 0.2) is 0 Å². The summed E-state index contributed by atoms with van der Waals surface area (Å²) in [6, 6.07) is 0.0743. The molecule has 2 N–H and O–H groups in total. The molecule has 19 heavy (non-hydrogen) atoms. The van der Waals surface area contributed by atoms with Gasteiger partial charge in [0, 0.05) is 7.11 Å². The van der Waals surface area contributed by atoms with Crippen LogP contribution in [-0.2, 0) is 11.3 Å². The number of halogens is 1. The minimum Gasteiger partial charge on any atom is -0.383 e. The Morgan fingerprint density at radius 1 is 1.58 bits per heavy atom. The fourth-order valence-electron chi connectivity index (χ4n) is 3.09. The predicted molar refractivity (Wildman–Crippen MR) is 79.9 cm³/mol. The normalized spacial score (nSPS) is 24.8. The number of nitrogens with zero attached hydrogens (tertiary/aromatic N) is 2. The zero-order valence-electron chi connectivity index (χ0n) is 11.8. The van der Waals surface area contributed by atoms with Crippen LogP contribution in [-0.4, -0.2) is 23.5 Å². The maximum absolute atomic E-state index is 6.50. The maximum Gasteiger partial charge on any atom is 0.0697 e. The molecule has 5 heteroatoms. The average molecular weight is 330 g/mol.